The molecule has 0 aromatic carbocycles. The normalized spacial score (nSPS) is 32.9. The number of amides is 2. The molecule has 0 saturated heterocycles. The van der Waals surface area contributed by atoms with Crippen LogP contribution in [0.4, 0.5) is 4.79 Å². The van der Waals surface area contributed by atoms with Crippen molar-refractivity contribution in [2.75, 3.05) is 6.54 Å². The minimum Gasteiger partial charge on any atom is -0.457 e. The quantitative estimate of drug-likeness (QED) is 0.688. The van der Waals surface area contributed by atoms with Crippen molar-refractivity contribution in [3.8, 4) is 0 Å². The lowest BCUT2D eigenvalue weighted by Crippen LogP contribution is -2.61. The van der Waals surface area contributed by atoms with Gasteiger partial charge in [0.15, 0.2) is 12.4 Å². The van der Waals surface area contributed by atoms with Gasteiger partial charge in [0, 0.05) is 12.1 Å². The van der Waals surface area contributed by atoms with Gasteiger partial charge >= 0.3 is 12.0 Å². The molecule has 152 valence electrons. The molecule has 9 heteroatoms. The molecule has 9 nitrogen and oxygen atoms in total. The molecule has 0 atom stereocenters. The number of urea groups is 1. The number of hydrogen-bond acceptors (Lipinski definition) is 6. The first kappa shape index (κ1) is 17.9. The highest BCUT2D eigenvalue weighted by molar-refractivity contribution is 5.76. The van der Waals surface area contributed by atoms with Crippen molar-refractivity contribution >= 4 is 12.0 Å². The Labute approximate surface area is 163 Å². The molecule has 6 rings (SSSR count). The number of esters is 1. The van der Waals surface area contributed by atoms with Crippen LogP contribution >= 0.6 is 0 Å². The first-order chi connectivity index (χ1) is 13.6. The summed E-state index contributed by atoms with van der Waals surface area (Å²) >= 11 is 0. The summed E-state index contributed by atoms with van der Waals surface area (Å²) < 4.78 is 6.97. The molecule has 2 N–H and O–H groups in total. The second-order valence-corrected chi connectivity index (χ2v) is 9.26. The molecular formula is C19H28N6O3. The minimum atomic E-state index is -0.361. The second-order valence-electron chi connectivity index (χ2n) is 9.26. The van der Waals surface area contributed by atoms with Crippen molar-refractivity contribution in [2.24, 2.45) is 17.8 Å². The van der Waals surface area contributed by atoms with E-state index in [1.165, 1.54) is 19.3 Å². The number of aromatic nitrogens is 4. The molecule has 5 aliphatic carbocycles. The van der Waals surface area contributed by atoms with Gasteiger partial charge in [0.05, 0.1) is 12.5 Å². The molecule has 1 aromatic rings. The van der Waals surface area contributed by atoms with Crippen molar-refractivity contribution in [1.82, 2.24) is 30.8 Å². The van der Waals surface area contributed by atoms with Crippen LogP contribution in [0.5, 0.6) is 0 Å². The fraction of sp³-hybridized carbons (Fsp3) is 0.842. The number of nitrogens with one attached hydrogen (secondary N) is 2. The molecule has 1 aromatic heterocycles. The average molecular weight is 388 g/mol. The van der Waals surface area contributed by atoms with Gasteiger partial charge in [-0.05, 0) is 79.5 Å². The van der Waals surface area contributed by atoms with E-state index in [1.54, 1.807) is 4.68 Å². The number of rotatable bonds is 7. The molecule has 2 amide bonds. The van der Waals surface area contributed by atoms with E-state index in [0.29, 0.717) is 11.9 Å². The highest BCUT2D eigenvalue weighted by Gasteiger charge is 2.51. The molecule has 0 radical (unpaired) electrons. The first-order valence-corrected chi connectivity index (χ1v) is 10.6. The average Bonchev–Trinajstić information content (AvgIpc) is 3.36. The Morgan fingerprint density at radius 3 is 2.43 bits per heavy atom. The summed E-state index contributed by atoms with van der Waals surface area (Å²) in [4.78, 5) is 24.3. The van der Waals surface area contributed by atoms with Gasteiger partial charge in [-0.2, -0.15) is 0 Å². The topological polar surface area (TPSA) is 111 Å². The van der Waals surface area contributed by atoms with Crippen LogP contribution in [0.25, 0.3) is 0 Å². The third-order valence-corrected chi connectivity index (χ3v) is 6.85. The molecule has 4 bridgehead atoms. The Kier molecular flexibility index (Phi) is 4.47. The highest BCUT2D eigenvalue weighted by Crippen LogP contribution is 2.55. The van der Waals surface area contributed by atoms with Crippen LogP contribution in [0.2, 0.25) is 0 Å². The minimum absolute atomic E-state index is 0.0147. The maximum Gasteiger partial charge on any atom is 0.315 e. The van der Waals surface area contributed by atoms with E-state index in [2.05, 4.69) is 26.2 Å². The molecule has 5 fully saturated rings. The summed E-state index contributed by atoms with van der Waals surface area (Å²) in [6, 6.07) is 0.186. The number of ether oxygens (including phenoxy) is 1. The lowest BCUT2D eigenvalue weighted by molar-refractivity contribution is -0.145. The van der Waals surface area contributed by atoms with Gasteiger partial charge in [0.1, 0.15) is 0 Å². The largest absolute Gasteiger partial charge is 0.457 e. The lowest BCUT2D eigenvalue weighted by atomic mass is 9.53. The van der Waals surface area contributed by atoms with Crippen molar-refractivity contribution in [1.29, 1.82) is 0 Å². The van der Waals surface area contributed by atoms with E-state index >= 15 is 0 Å². The number of hydrogen-bond donors (Lipinski definition) is 2. The molecule has 28 heavy (non-hydrogen) atoms. The molecule has 1 heterocycles. The third kappa shape index (κ3) is 3.71. The summed E-state index contributed by atoms with van der Waals surface area (Å²) in [5, 5.41) is 17.5. The van der Waals surface area contributed by atoms with E-state index in [4.69, 9.17) is 4.74 Å². The fourth-order valence-corrected chi connectivity index (χ4v) is 5.95. The number of carbonyl (C=O) groups excluding carboxylic acids is 2. The molecule has 0 spiro atoms. The Hall–Kier alpha value is -2.19. The molecule has 0 aliphatic heterocycles. The summed E-state index contributed by atoms with van der Waals surface area (Å²) in [5.74, 6) is 2.57. The lowest BCUT2D eigenvalue weighted by Gasteiger charge is -2.56. The van der Waals surface area contributed by atoms with E-state index in [9.17, 15) is 9.59 Å². The van der Waals surface area contributed by atoms with Crippen LogP contribution in [0.3, 0.4) is 0 Å². The van der Waals surface area contributed by atoms with Gasteiger partial charge in [-0.25, -0.2) is 9.48 Å². The van der Waals surface area contributed by atoms with Crippen LogP contribution < -0.4 is 10.6 Å². The van der Waals surface area contributed by atoms with Crippen LogP contribution in [0.1, 0.15) is 69.7 Å². The zero-order chi connectivity index (χ0) is 19.1. The van der Waals surface area contributed by atoms with Gasteiger partial charge in [-0.15, -0.1) is 5.10 Å². The standard InChI is InChI=1S/C19H28N6O3/c26-17(28-11-16-22-23-24-25(16)15-1-2-15)3-4-20-18(27)21-19-8-12-5-13(9-19)7-14(6-12)10-19/h12-15H,1-11H2,(H2,20,21,27). The molecule has 0 unspecified atom stereocenters. The summed E-state index contributed by atoms with van der Waals surface area (Å²) in [5.41, 5.74) is -0.0147. The smallest absolute Gasteiger partial charge is 0.315 e. The van der Waals surface area contributed by atoms with E-state index in [1.807, 2.05) is 0 Å². The summed E-state index contributed by atoms with van der Waals surface area (Å²) in [7, 11) is 0. The monoisotopic (exact) mass is 388 g/mol. The zero-order valence-electron chi connectivity index (χ0n) is 16.1. The Morgan fingerprint density at radius 1 is 1.11 bits per heavy atom. The van der Waals surface area contributed by atoms with Gasteiger partial charge in [0.2, 0.25) is 0 Å². The maximum atomic E-state index is 12.4. The van der Waals surface area contributed by atoms with Gasteiger partial charge < -0.3 is 15.4 Å². The van der Waals surface area contributed by atoms with Crippen molar-refractivity contribution in [2.45, 2.75) is 76.0 Å². The van der Waals surface area contributed by atoms with Gasteiger partial charge in [0.25, 0.3) is 0 Å². The van der Waals surface area contributed by atoms with E-state index in [0.717, 1.165) is 49.9 Å². The van der Waals surface area contributed by atoms with Crippen molar-refractivity contribution < 1.29 is 14.3 Å². The molecule has 5 saturated carbocycles. The van der Waals surface area contributed by atoms with Crippen LogP contribution in [-0.2, 0) is 16.1 Å². The Morgan fingerprint density at radius 2 is 1.79 bits per heavy atom. The van der Waals surface area contributed by atoms with Crippen LogP contribution in [0, 0.1) is 17.8 Å². The molecular weight excluding hydrogens is 360 g/mol. The second kappa shape index (κ2) is 7.00. The predicted octanol–water partition coefficient (Wildman–Crippen LogP) is 1.71. The summed E-state index contributed by atoms with van der Waals surface area (Å²) in [6.07, 6.45) is 9.65. The van der Waals surface area contributed by atoms with Crippen LogP contribution in [0.15, 0.2) is 0 Å². The zero-order valence-corrected chi connectivity index (χ0v) is 16.1. The van der Waals surface area contributed by atoms with E-state index < -0.39 is 0 Å². The maximum absolute atomic E-state index is 12.4. The van der Waals surface area contributed by atoms with E-state index in [-0.39, 0.29) is 37.1 Å². The molecule has 5 aliphatic rings. The number of carbonyl (C=O) groups is 2. The first-order valence-electron chi connectivity index (χ1n) is 10.6. The summed E-state index contributed by atoms with van der Waals surface area (Å²) in [6.45, 7) is 0.340. The third-order valence-electron chi connectivity index (χ3n) is 6.85. The predicted molar refractivity (Wildman–Crippen MR) is 97.9 cm³/mol. The number of tetrazole rings is 1. The van der Waals surface area contributed by atoms with Crippen molar-refractivity contribution in [3.63, 3.8) is 0 Å². The van der Waals surface area contributed by atoms with Crippen LogP contribution in [-0.4, -0.2) is 44.3 Å². The SMILES string of the molecule is O=C(NCCC(=O)OCc1nnnn1C1CC1)NC12CC3CC(CC(C3)C1)C2. The highest BCUT2D eigenvalue weighted by atomic mass is 16.5. The van der Waals surface area contributed by atoms with Gasteiger partial charge in [-0.3, -0.25) is 4.79 Å². The van der Waals surface area contributed by atoms with Gasteiger partial charge in [-0.1, -0.05) is 0 Å². The number of nitrogens with zero attached hydrogens (tertiary/aromatic N) is 4. The van der Waals surface area contributed by atoms with Crippen molar-refractivity contribution in [3.05, 3.63) is 5.82 Å². The Balaban J connectivity index is 1.03. The fourth-order valence-electron chi connectivity index (χ4n) is 5.95. The Bertz CT molecular complexity index is 723.